The minimum atomic E-state index is -0.633. The number of aliphatic hydroxyl groups excluding tert-OH is 1. The van der Waals surface area contributed by atoms with Crippen molar-refractivity contribution in [1.29, 1.82) is 0 Å². The number of anilines is 1. The van der Waals surface area contributed by atoms with E-state index in [1.165, 1.54) is 24.3 Å². The van der Waals surface area contributed by atoms with Gasteiger partial charge in [-0.2, -0.15) is 0 Å². The number of urea groups is 1. The van der Waals surface area contributed by atoms with Crippen LogP contribution in [-0.4, -0.2) is 70.2 Å². The molecule has 200 valence electrons. The lowest BCUT2D eigenvalue weighted by Crippen LogP contribution is -2.68. The number of likely N-dealkylation sites (tertiary alicyclic amines) is 1. The maximum absolute atomic E-state index is 13.5. The van der Waals surface area contributed by atoms with Gasteiger partial charge >= 0.3 is 6.03 Å². The number of nitrogens with zero attached hydrogens (tertiary/aromatic N) is 3. The van der Waals surface area contributed by atoms with Crippen LogP contribution in [0.15, 0.2) is 67.0 Å². The zero-order valence-electron chi connectivity index (χ0n) is 21.4. The van der Waals surface area contributed by atoms with Gasteiger partial charge in [0.25, 0.3) is 0 Å². The highest BCUT2D eigenvalue weighted by molar-refractivity contribution is 5.93. The zero-order chi connectivity index (χ0) is 27.1. The molecule has 4 aromatic rings. The van der Waals surface area contributed by atoms with Gasteiger partial charge in [-0.25, -0.2) is 9.18 Å². The molecule has 1 spiro atoms. The molecule has 6 rings (SSSR count). The first-order valence-corrected chi connectivity index (χ1v) is 12.7. The summed E-state index contributed by atoms with van der Waals surface area (Å²) in [5, 5.41) is 14.3. The number of fused-ring (bicyclic) bond motifs is 4. The Morgan fingerprint density at radius 3 is 2.56 bits per heavy atom. The van der Waals surface area contributed by atoms with E-state index in [9.17, 15) is 19.1 Å². The van der Waals surface area contributed by atoms with E-state index in [4.69, 9.17) is 4.74 Å². The minimum Gasteiger partial charge on any atom is -0.497 e. The minimum absolute atomic E-state index is 0.00137. The molecule has 2 aliphatic heterocycles. The summed E-state index contributed by atoms with van der Waals surface area (Å²) in [4.78, 5) is 37.5. The van der Waals surface area contributed by atoms with Crippen molar-refractivity contribution < 1.29 is 23.8 Å². The number of aromatic nitrogens is 2. The molecular formula is C29H28FN5O4. The molecule has 0 saturated carbocycles. The number of pyridine rings is 1. The van der Waals surface area contributed by atoms with Crippen molar-refractivity contribution in [2.24, 2.45) is 0 Å². The van der Waals surface area contributed by atoms with Crippen LogP contribution >= 0.6 is 0 Å². The quantitative estimate of drug-likeness (QED) is 0.366. The van der Waals surface area contributed by atoms with Crippen LogP contribution in [0, 0.1) is 5.82 Å². The van der Waals surface area contributed by atoms with E-state index in [-0.39, 0.29) is 18.9 Å². The van der Waals surface area contributed by atoms with Crippen LogP contribution in [-0.2, 0) is 16.6 Å². The van der Waals surface area contributed by atoms with Gasteiger partial charge in [-0.05, 0) is 59.7 Å². The summed E-state index contributed by atoms with van der Waals surface area (Å²) in [6, 6.07) is 13.9. The van der Waals surface area contributed by atoms with Crippen LogP contribution in [0.2, 0.25) is 0 Å². The van der Waals surface area contributed by atoms with Crippen LogP contribution in [0.3, 0.4) is 0 Å². The molecule has 0 bridgehead atoms. The van der Waals surface area contributed by atoms with E-state index in [1.807, 2.05) is 35.2 Å². The fourth-order valence-electron chi connectivity index (χ4n) is 5.85. The molecule has 1 fully saturated rings. The number of methoxy groups -OCH3 is 1. The van der Waals surface area contributed by atoms with Gasteiger partial charge in [-0.1, -0.05) is 0 Å². The molecule has 2 aromatic heterocycles. The molecule has 39 heavy (non-hydrogen) atoms. The van der Waals surface area contributed by atoms with Gasteiger partial charge in [0.15, 0.2) is 0 Å². The lowest BCUT2D eigenvalue weighted by Gasteiger charge is -2.56. The maximum Gasteiger partial charge on any atom is 0.322 e. The third kappa shape index (κ3) is 4.36. The number of H-pyrrole nitrogens is 1. The van der Waals surface area contributed by atoms with Crippen LogP contribution in [0.1, 0.15) is 22.9 Å². The number of hydrogen-bond acceptors (Lipinski definition) is 5. The molecular weight excluding hydrogens is 501 g/mol. The van der Waals surface area contributed by atoms with E-state index in [2.05, 4.69) is 15.3 Å². The molecule has 9 nitrogen and oxygen atoms in total. The molecule has 10 heteroatoms. The van der Waals surface area contributed by atoms with Crippen molar-refractivity contribution in [3.63, 3.8) is 0 Å². The van der Waals surface area contributed by atoms with Gasteiger partial charge in [-0.15, -0.1) is 0 Å². The number of benzene rings is 2. The molecule has 3 amide bonds. The van der Waals surface area contributed by atoms with Crippen molar-refractivity contribution in [2.45, 2.75) is 17.9 Å². The third-order valence-corrected chi connectivity index (χ3v) is 7.72. The van der Waals surface area contributed by atoms with E-state index >= 15 is 0 Å². The van der Waals surface area contributed by atoms with Gasteiger partial charge in [0.1, 0.15) is 11.6 Å². The number of rotatable bonds is 5. The molecule has 3 N–H and O–H groups in total. The Kier molecular flexibility index (Phi) is 6.19. The van der Waals surface area contributed by atoms with Crippen LogP contribution in [0.25, 0.3) is 10.9 Å². The summed E-state index contributed by atoms with van der Waals surface area (Å²) in [7, 11) is 1.60. The van der Waals surface area contributed by atoms with Crippen molar-refractivity contribution in [3.8, 4) is 5.75 Å². The molecule has 1 saturated heterocycles. The first kappa shape index (κ1) is 24.9. The molecule has 2 aromatic carbocycles. The number of carbonyl (C=O) groups excluding carboxylic acids is 2. The maximum atomic E-state index is 13.5. The molecule has 0 aliphatic carbocycles. The number of halogens is 1. The van der Waals surface area contributed by atoms with Crippen molar-refractivity contribution in [3.05, 3.63) is 89.6 Å². The summed E-state index contributed by atoms with van der Waals surface area (Å²) in [6.45, 7) is 0.869. The van der Waals surface area contributed by atoms with E-state index in [0.717, 1.165) is 27.7 Å². The average Bonchev–Trinajstić information content (AvgIpc) is 3.31. The number of nitrogens with one attached hydrogen (secondary N) is 2. The smallest absolute Gasteiger partial charge is 0.322 e. The first-order valence-electron chi connectivity index (χ1n) is 12.7. The lowest BCUT2D eigenvalue weighted by atomic mass is 9.68. The van der Waals surface area contributed by atoms with Crippen molar-refractivity contribution >= 4 is 28.5 Å². The zero-order valence-corrected chi connectivity index (χ0v) is 21.4. The SMILES string of the molecule is COc1ccc2c3c([nH]c2c1)[C@H](CO)N(C(=O)Nc1ccc(F)cc1)CC31CN(C(=O)Cc2ccncc2)C1. The van der Waals surface area contributed by atoms with E-state index in [1.54, 1.807) is 24.4 Å². The van der Waals surface area contributed by atoms with Gasteiger partial charge in [0.2, 0.25) is 5.91 Å². The molecule has 0 radical (unpaired) electrons. The fourth-order valence-corrected chi connectivity index (χ4v) is 5.85. The molecule has 4 heterocycles. The predicted octanol–water partition coefficient (Wildman–Crippen LogP) is 3.61. The number of ether oxygens (including phenoxy) is 1. The summed E-state index contributed by atoms with van der Waals surface area (Å²) >= 11 is 0. The van der Waals surface area contributed by atoms with Crippen LogP contribution < -0.4 is 10.1 Å². The summed E-state index contributed by atoms with van der Waals surface area (Å²) in [6.07, 6.45) is 3.60. The summed E-state index contributed by atoms with van der Waals surface area (Å²) in [5.74, 6) is 0.285. The molecule has 2 aliphatic rings. The van der Waals surface area contributed by atoms with Gasteiger partial charge in [-0.3, -0.25) is 9.78 Å². The number of carbonyl (C=O) groups is 2. The monoisotopic (exact) mass is 529 g/mol. The van der Waals surface area contributed by atoms with Crippen LogP contribution in [0.4, 0.5) is 14.9 Å². The third-order valence-electron chi connectivity index (χ3n) is 7.72. The van der Waals surface area contributed by atoms with Crippen molar-refractivity contribution in [2.75, 3.05) is 38.7 Å². The Hall–Kier alpha value is -4.44. The van der Waals surface area contributed by atoms with Gasteiger partial charge in [0.05, 0.1) is 31.6 Å². The molecule has 1 atom stereocenters. The lowest BCUT2D eigenvalue weighted by molar-refractivity contribution is -0.139. The Morgan fingerprint density at radius 2 is 1.87 bits per heavy atom. The van der Waals surface area contributed by atoms with E-state index in [0.29, 0.717) is 31.1 Å². The van der Waals surface area contributed by atoms with Gasteiger partial charge in [0, 0.05) is 60.4 Å². The number of amides is 3. The average molecular weight is 530 g/mol. The highest BCUT2D eigenvalue weighted by Crippen LogP contribution is 2.48. The standard InChI is InChI=1S/C29H28FN5O4/c1-39-21-6-7-22-23(13-21)33-27-24(14-36)35(28(38)32-20-4-2-19(30)3-5-20)17-29(26(22)27)15-34(16-29)25(37)12-18-8-10-31-11-9-18/h2-11,13,24,33,36H,12,14-17H2,1H3,(H,32,38)/t24-/m0/s1. The highest BCUT2D eigenvalue weighted by Gasteiger charge is 2.55. The largest absolute Gasteiger partial charge is 0.497 e. The Balaban J connectivity index is 1.35. The highest BCUT2D eigenvalue weighted by atomic mass is 19.1. The Labute approximate surface area is 224 Å². The first-order chi connectivity index (χ1) is 18.9. The normalized spacial score (nSPS) is 17.6. The summed E-state index contributed by atoms with van der Waals surface area (Å²) in [5.41, 5.74) is 3.39. The number of aromatic amines is 1. The topological polar surface area (TPSA) is 111 Å². The second-order valence-corrected chi connectivity index (χ2v) is 10.2. The van der Waals surface area contributed by atoms with Crippen molar-refractivity contribution in [1.82, 2.24) is 19.8 Å². The van der Waals surface area contributed by atoms with Crippen LogP contribution in [0.5, 0.6) is 5.75 Å². The Morgan fingerprint density at radius 1 is 1.13 bits per heavy atom. The van der Waals surface area contributed by atoms with E-state index < -0.39 is 23.3 Å². The second-order valence-electron chi connectivity index (χ2n) is 10.2. The number of hydrogen-bond donors (Lipinski definition) is 3. The fraction of sp³-hybridized carbons (Fsp3) is 0.276. The Bertz CT molecular complexity index is 1530. The number of aliphatic hydroxyl groups is 1. The second kappa shape index (κ2) is 9.70. The van der Waals surface area contributed by atoms with Gasteiger partial charge < -0.3 is 29.9 Å². The predicted molar refractivity (Wildman–Crippen MR) is 143 cm³/mol. The molecule has 0 unspecified atom stereocenters. The summed E-state index contributed by atoms with van der Waals surface area (Å²) < 4.78 is 18.8.